The number of ether oxygens (including phenoxy) is 1. The van der Waals surface area contributed by atoms with E-state index in [0.29, 0.717) is 24.8 Å². The van der Waals surface area contributed by atoms with E-state index in [0.717, 1.165) is 6.42 Å². The Labute approximate surface area is 113 Å². The summed E-state index contributed by atoms with van der Waals surface area (Å²) in [7, 11) is 0. The SMILES string of the molecule is CCCNc1cc(SC2COC2)nc(C(F)(F)F)n1. The third-order valence-electron chi connectivity index (χ3n) is 2.41. The third-order valence-corrected chi connectivity index (χ3v) is 3.46. The van der Waals surface area contributed by atoms with Crippen molar-refractivity contribution < 1.29 is 17.9 Å². The van der Waals surface area contributed by atoms with Gasteiger partial charge in [0.05, 0.1) is 18.5 Å². The molecule has 2 rings (SSSR count). The van der Waals surface area contributed by atoms with E-state index < -0.39 is 12.0 Å². The molecule has 0 radical (unpaired) electrons. The van der Waals surface area contributed by atoms with Crippen molar-refractivity contribution in [1.29, 1.82) is 0 Å². The maximum Gasteiger partial charge on any atom is 0.451 e. The molecular weight excluding hydrogens is 279 g/mol. The first kappa shape index (κ1) is 14.4. The summed E-state index contributed by atoms with van der Waals surface area (Å²) >= 11 is 1.29. The van der Waals surface area contributed by atoms with Crippen LogP contribution in [0.5, 0.6) is 0 Å². The van der Waals surface area contributed by atoms with Crippen molar-refractivity contribution in [2.45, 2.75) is 29.8 Å². The highest BCUT2D eigenvalue weighted by atomic mass is 32.2. The van der Waals surface area contributed by atoms with Crippen molar-refractivity contribution in [2.75, 3.05) is 25.1 Å². The van der Waals surface area contributed by atoms with Gasteiger partial charge in [0.25, 0.3) is 0 Å². The highest BCUT2D eigenvalue weighted by Gasteiger charge is 2.36. The summed E-state index contributed by atoms with van der Waals surface area (Å²) in [5.74, 6) is -0.886. The van der Waals surface area contributed by atoms with E-state index in [1.54, 1.807) is 6.07 Å². The minimum absolute atomic E-state index is 0.176. The highest BCUT2D eigenvalue weighted by molar-refractivity contribution is 8.00. The number of thioether (sulfide) groups is 1. The van der Waals surface area contributed by atoms with E-state index in [1.807, 2.05) is 6.92 Å². The lowest BCUT2D eigenvalue weighted by molar-refractivity contribution is -0.145. The average molecular weight is 293 g/mol. The molecule has 1 fully saturated rings. The van der Waals surface area contributed by atoms with Gasteiger partial charge in [-0.2, -0.15) is 13.2 Å². The molecule has 0 aromatic carbocycles. The molecule has 1 aliphatic heterocycles. The summed E-state index contributed by atoms with van der Waals surface area (Å²) in [6, 6.07) is 1.55. The number of aromatic nitrogens is 2. The molecule has 0 saturated carbocycles. The number of alkyl halides is 3. The van der Waals surface area contributed by atoms with E-state index in [4.69, 9.17) is 4.74 Å². The number of anilines is 1. The van der Waals surface area contributed by atoms with Crippen molar-refractivity contribution in [1.82, 2.24) is 9.97 Å². The van der Waals surface area contributed by atoms with Crippen LogP contribution in [0.2, 0.25) is 0 Å². The van der Waals surface area contributed by atoms with E-state index in [9.17, 15) is 13.2 Å². The second-order valence-electron chi connectivity index (χ2n) is 4.12. The lowest BCUT2D eigenvalue weighted by atomic mass is 10.4. The Kier molecular flexibility index (Phi) is 4.51. The molecule has 8 heteroatoms. The second kappa shape index (κ2) is 5.96. The molecule has 1 saturated heterocycles. The van der Waals surface area contributed by atoms with E-state index in [-0.39, 0.29) is 11.1 Å². The molecule has 0 amide bonds. The smallest absolute Gasteiger partial charge is 0.379 e. The van der Waals surface area contributed by atoms with Crippen LogP contribution in [0.25, 0.3) is 0 Å². The van der Waals surface area contributed by atoms with Crippen LogP contribution < -0.4 is 5.32 Å². The Bertz CT molecular complexity index is 438. The largest absolute Gasteiger partial charge is 0.451 e. The van der Waals surface area contributed by atoms with Gasteiger partial charge in [0.15, 0.2) is 0 Å². The molecule has 19 heavy (non-hydrogen) atoms. The number of hydrogen-bond donors (Lipinski definition) is 1. The maximum atomic E-state index is 12.7. The van der Waals surface area contributed by atoms with Gasteiger partial charge in [-0.05, 0) is 6.42 Å². The number of nitrogens with zero attached hydrogens (tertiary/aromatic N) is 2. The average Bonchev–Trinajstić information content (AvgIpc) is 2.30. The zero-order valence-corrected chi connectivity index (χ0v) is 11.1. The minimum atomic E-state index is -4.53. The summed E-state index contributed by atoms with van der Waals surface area (Å²) in [4.78, 5) is 7.07. The molecule has 0 atom stereocenters. The van der Waals surface area contributed by atoms with Crippen LogP contribution in [0, 0.1) is 0 Å². The summed E-state index contributed by atoms with van der Waals surface area (Å²) in [5, 5.41) is 3.36. The Morgan fingerprint density at radius 3 is 2.68 bits per heavy atom. The second-order valence-corrected chi connectivity index (χ2v) is 5.44. The monoisotopic (exact) mass is 293 g/mol. The summed E-state index contributed by atoms with van der Waals surface area (Å²) in [5.41, 5.74) is 0. The first-order valence-corrected chi connectivity index (χ1v) is 6.81. The molecule has 0 spiro atoms. The lowest BCUT2D eigenvalue weighted by Gasteiger charge is -2.25. The molecule has 0 unspecified atom stereocenters. The van der Waals surface area contributed by atoms with Crippen LogP contribution in [0.4, 0.5) is 19.0 Å². The Morgan fingerprint density at radius 2 is 2.16 bits per heavy atom. The lowest BCUT2D eigenvalue weighted by Crippen LogP contribution is -2.30. The molecule has 0 aliphatic carbocycles. The summed E-state index contributed by atoms with van der Waals surface area (Å²) in [6.07, 6.45) is -3.72. The number of nitrogens with one attached hydrogen (secondary N) is 1. The first-order chi connectivity index (χ1) is 8.99. The van der Waals surface area contributed by atoms with Crippen LogP contribution in [0.15, 0.2) is 11.1 Å². The Morgan fingerprint density at radius 1 is 1.42 bits per heavy atom. The molecule has 1 aliphatic rings. The minimum Gasteiger partial charge on any atom is -0.379 e. The first-order valence-electron chi connectivity index (χ1n) is 5.93. The molecule has 4 nitrogen and oxygen atoms in total. The predicted molar refractivity (Wildman–Crippen MR) is 66.3 cm³/mol. The van der Waals surface area contributed by atoms with E-state index in [2.05, 4.69) is 15.3 Å². The standard InChI is InChI=1S/C11H14F3N3OS/c1-2-3-15-8-4-9(19-7-5-18-6-7)17-10(16-8)11(12,13)14/h4,7H,2-3,5-6H2,1H3,(H,15,16,17). The van der Waals surface area contributed by atoms with Gasteiger partial charge in [0.1, 0.15) is 10.8 Å². The quantitative estimate of drug-likeness (QED) is 0.846. The van der Waals surface area contributed by atoms with Gasteiger partial charge < -0.3 is 10.1 Å². The van der Waals surface area contributed by atoms with Crippen molar-refractivity contribution in [2.24, 2.45) is 0 Å². The fourth-order valence-electron chi connectivity index (χ4n) is 1.41. The molecule has 1 aromatic rings. The summed E-state index contributed by atoms with van der Waals surface area (Å²) < 4.78 is 43.1. The van der Waals surface area contributed by atoms with Crippen molar-refractivity contribution in [3.63, 3.8) is 0 Å². The van der Waals surface area contributed by atoms with Crippen LogP contribution in [0.1, 0.15) is 19.2 Å². The molecule has 1 aromatic heterocycles. The van der Waals surface area contributed by atoms with Crippen LogP contribution in [-0.4, -0.2) is 35.0 Å². The molecule has 0 bridgehead atoms. The van der Waals surface area contributed by atoms with E-state index >= 15 is 0 Å². The summed E-state index contributed by atoms with van der Waals surface area (Å²) in [6.45, 7) is 3.60. The fourth-order valence-corrected chi connectivity index (χ4v) is 2.40. The molecule has 2 heterocycles. The zero-order valence-electron chi connectivity index (χ0n) is 10.3. The number of halogens is 3. The van der Waals surface area contributed by atoms with Gasteiger partial charge in [-0.1, -0.05) is 18.7 Å². The maximum absolute atomic E-state index is 12.7. The zero-order chi connectivity index (χ0) is 13.9. The third kappa shape index (κ3) is 3.97. The number of hydrogen-bond acceptors (Lipinski definition) is 5. The van der Waals surface area contributed by atoms with Gasteiger partial charge in [-0.25, -0.2) is 9.97 Å². The van der Waals surface area contributed by atoms with Crippen LogP contribution >= 0.6 is 11.8 Å². The van der Waals surface area contributed by atoms with Crippen LogP contribution in [-0.2, 0) is 10.9 Å². The highest BCUT2D eigenvalue weighted by Crippen LogP contribution is 2.32. The normalized spacial score (nSPS) is 16.2. The van der Waals surface area contributed by atoms with Gasteiger partial charge in [-0.15, -0.1) is 0 Å². The predicted octanol–water partition coefficient (Wildman–Crippen LogP) is 2.81. The van der Waals surface area contributed by atoms with Gasteiger partial charge in [0, 0.05) is 12.6 Å². The van der Waals surface area contributed by atoms with Crippen molar-refractivity contribution in [3.8, 4) is 0 Å². The fraction of sp³-hybridized carbons (Fsp3) is 0.636. The van der Waals surface area contributed by atoms with Gasteiger partial charge in [0.2, 0.25) is 5.82 Å². The number of rotatable bonds is 5. The molecule has 1 N–H and O–H groups in total. The van der Waals surface area contributed by atoms with Crippen molar-refractivity contribution >= 4 is 17.6 Å². The van der Waals surface area contributed by atoms with Crippen LogP contribution in [0.3, 0.4) is 0 Å². The van der Waals surface area contributed by atoms with E-state index in [1.165, 1.54) is 11.8 Å². The topological polar surface area (TPSA) is 47.0 Å². The molecule has 106 valence electrons. The Balaban J connectivity index is 2.19. The Hall–Kier alpha value is -1.02. The molecular formula is C11H14F3N3OS. The van der Waals surface area contributed by atoms with Crippen molar-refractivity contribution in [3.05, 3.63) is 11.9 Å². The van der Waals surface area contributed by atoms with Gasteiger partial charge >= 0.3 is 6.18 Å². The van der Waals surface area contributed by atoms with Gasteiger partial charge in [-0.3, -0.25) is 0 Å².